The molecule has 0 radical (unpaired) electrons. The summed E-state index contributed by atoms with van der Waals surface area (Å²) in [4.78, 5) is 17.7. The Bertz CT molecular complexity index is 643. The molecule has 3 rings (SSSR count). The number of hydrogen-bond acceptors (Lipinski definition) is 2. The molecule has 0 aliphatic carbocycles. The number of rotatable bonds is 6. The van der Waals surface area contributed by atoms with E-state index in [9.17, 15) is 4.79 Å². The molecule has 0 atom stereocenters. The smallest absolute Gasteiger partial charge is 0.222 e. The minimum absolute atomic E-state index is 0.281. The predicted octanol–water partition coefficient (Wildman–Crippen LogP) is 2.95. The highest BCUT2D eigenvalue weighted by Crippen LogP contribution is 2.19. The second kappa shape index (κ2) is 7.64. The van der Waals surface area contributed by atoms with Crippen LogP contribution in [-0.4, -0.2) is 42.0 Å². The summed E-state index contributed by atoms with van der Waals surface area (Å²) >= 11 is 0. The number of nitrogens with one attached hydrogen (secondary N) is 2. The van der Waals surface area contributed by atoms with E-state index < -0.39 is 0 Å². The summed E-state index contributed by atoms with van der Waals surface area (Å²) in [6.45, 7) is 5.86. The number of piperidine rings is 1. The minimum atomic E-state index is 0.281. The van der Waals surface area contributed by atoms with Crippen molar-refractivity contribution in [1.82, 2.24) is 15.2 Å². The summed E-state index contributed by atoms with van der Waals surface area (Å²) < 4.78 is 0. The van der Waals surface area contributed by atoms with Gasteiger partial charge >= 0.3 is 0 Å². The van der Waals surface area contributed by atoms with Gasteiger partial charge in [0.25, 0.3) is 0 Å². The van der Waals surface area contributed by atoms with E-state index in [4.69, 9.17) is 0 Å². The van der Waals surface area contributed by atoms with Crippen molar-refractivity contribution in [2.24, 2.45) is 5.92 Å². The van der Waals surface area contributed by atoms with Crippen molar-refractivity contribution in [2.75, 3.05) is 26.2 Å². The molecule has 0 unspecified atom stereocenters. The van der Waals surface area contributed by atoms with Crippen LogP contribution in [0.1, 0.15) is 31.7 Å². The van der Waals surface area contributed by atoms with Crippen molar-refractivity contribution in [2.45, 2.75) is 32.6 Å². The number of aromatic amines is 1. The zero-order valence-corrected chi connectivity index (χ0v) is 14.0. The van der Waals surface area contributed by atoms with Crippen LogP contribution in [0.3, 0.4) is 0 Å². The third-order valence-electron chi connectivity index (χ3n) is 4.92. The van der Waals surface area contributed by atoms with E-state index in [1.54, 1.807) is 0 Å². The molecule has 2 heterocycles. The predicted molar refractivity (Wildman–Crippen MR) is 94.5 cm³/mol. The summed E-state index contributed by atoms with van der Waals surface area (Å²) in [7, 11) is 0. The first-order chi connectivity index (χ1) is 11.3. The first-order valence-corrected chi connectivity index (χ1v) is 8.81. The van der Waals surface area contributed by atoms with Crippen molar-refractivity contribution in [3.05, 3.63) is 36.0 Å². The fourth-order valence-electron chi connectivity index (χ4n) is 3.51. The zero-order valence-electron chi connectivity index (χ0n) is 14.0. The topological polar surface area (TPSA) is 48.1 Å². The Kier molecular flexibility index (Phi) is 5.34. The number of amides is 1. The summed E-state index contributed by atoms with van der Waals surface area (Å²) in [5, 5.41) is 4.67. The molecule has 0 saturated carbocycles. The highest BCUT2D eigenvalue weighted by Gasteiger charge is 2.20. The maximum absolute atomic E-state index is 12.3. The Balaban J connectivity index is 1.64. The van der Waals surface area contributed by atoms with Crippen LogP contribution in [0.4, 0.5) is 0 Å². The largest absolute Gasteiger partial charge is 0.361 e. The van der Waals surface area contributed by atoms with Crippen LogP contribution >= 0.6 is 0 Å². The molecular weight excluding hydrogens is 286 g/mol. The maximum atomic E-state index is 12.3. The number of para-hydroxylation sites is 1. The van der Waals surface area contributed by atoms with Gasteiger partial charge in [0.15, 0.2) is 0 Å². The van der Waals surface area contributed by atoms with E-state index in [1.807, 2.05) is 13.0 Å². The Morgan fingerprint density at radius 2 is 2.04 bits per heavy atom. The van der Waals surface area contributed by atoms with Crippen LogP contribution in [0.5, 0.6) is 0 Å². The number of aromatic nitrogens is 1. The molecule has 1 fully saturated rings. The molecule has 1 aromatic heterocycles. The molecule has 23 heavy (non-hydrogen) atoms. The molecule has 124 valence electrons. The van der Waals surface area contributed by atoms with Crippen molar-refractivity contribution in [3.63, 3.8) is 0 Å². The normalized spacial score (nSPS) is 15.9. The molecule has 0 spiro atoms. The van der Waals surface area contributed by atoms with Gasteiger partial charge in [-0.1, -0.05) is 25.1 Å². The van der Waals surface area contributed by atoms with E-state index in [1.165, 1.54) is 29.3 Å². The Labute approximate surface area is 138 Å². The van der Waals surface area contributed by atoms with E-state index in [-0.39, 0.29) is 5.91 Å². The molecule has 1 amide bonds. The van der Waals surface area contributed by atoms with E-state index in [0.29, 0.717) is 12.3 Å². The third kappa shape index (κ3) is 3.94. The highest BCUT2D eigenvalue weighted by molar-refractivity contribution is 5.83. The molecule has 1 saturated heterocycles. The maximum Gasteiger partial charge on any atom is 0.222 e. The lowest BCUT2D eigenvalue weighted by molar-refractivity contribution is -0.131. The first-order valence-electron chi connectivity index (χ1n) is 8.81. The van der Waals surface area contributed by atoms with Gasteiger partial charge in [-0.05, 0) is 49.9 Å². The average Bonchev–Trinajstić information content (AvgIpc) is 3.02. The molecular formula is C19H27N3O. The fraction of sp³-hybridized carbons (Fsp3) is 0.526. The number of carbonyl (C=O) groups is 1. The highest BCUT2D eigenvalue weighted by atomic mass is 16.2. The Morgan fingerprint density at radius 3 is 2.83 bits per heavy atom. The molecule has 0 bridgehead atoms. The van der Waals surface area contributed by atoms with Crippen LogP contribution < -0.4 is 5.32 Å². The SMILES string of the molecule is CCC(=O)N(CCc1c[nH]c2ccccc12)CC1CCNCC1. The number of carbonyl (C=O) groups excluding carboxylic acids is 1. The monoisotopic (exact) mass is 313 g/mol. The van der Waals surface area contributed by atoms with Crippen LogP contribution in [0.15, 0.2) is 30.5 Å². The van der Waals surface area contributed by atoms with Crippen molar-refractivity contribution < 1.29 is 4.79 Å². The summed E-state index contributed by atoms with van der Waals surface area (Å²) in [5.41, 5.74) is 2.48. The van der Waals surface area contributed by atoms with Crippen molar-refractivity contribution in [3.8, 4) is 0 Å². The standard InChI is InChI=1S/C19H27N3O/c1-2-19(23)22(14-15-7-10-20-11-8-15)12-9-16-13-21-18-6-4-3-5-17(16)18/h3-6,13,15,20-21H,2,7-12,14H2,1H3. The number of fused-ring (bicyclic) bond motifs is 1. The summed E-state index contributed by atoms with van der Waals surface area (Å²) in [6.07, 6.45) is 5.96. The van der Waals surface area contributed by atoms with Gasteiger partial charge in [-0.3, -0.25) is 4.79 Å². The summed E-state index contributed by atoms with van der Waals surface area (Å²) in [6, 6.07) is 8.37. The molecule has 1 aliphatic heterocycles. The third-order valence-corrected chi connectivity index (χ3v) is 4.92. The Morgan fingerprint density at radius 1 is 1.26 bits per heavy atom. The Hall–Kier alpha value is -1.81. The fourth-order valence-corrected chi connectivity index (χ4v) is 3.51. The number of nitrogens with zero attached hydrogens (tertiary/aromatic N) is 1. The van der Waals surface area contributed by atoms with Gasteiger partial charge in [-0.25, -0.2) is 0 Å². The first kappa shape index (κ1) is 16.1. The van der Waals surface area contributed by atoms with E-state index in [2.05, 4.69) is 39.6 Å². The minimum Gasteiger partial charge on any atom is -0.361 e. The molecule has 2 aromatic rings. The van der Waals surface area contributed by atoms with Crippen LogP contribution in [0.2, 0.25) is 0 Å². The second-order valence-corrected chi connectivity index (χ2v) is 6.50. The van der Waals surface area contributed by atoms with Crippen LogP contribution in [0, 0.1) is 5.92 Å². The lowest BCUT2D eigenvalue weighted by Gasteiger charge is -2.30. The molecule has 1 aromatic carbocycles. The van der Waals surface area contributed by atoms with E-state index >= 15 is 0 Å². The number of benzene rings is 1. The average molecular weight is 313 g/mol. The van der Waals surface area contributed by atoms with Gasteiger partial charge in [0.2, 0.25) is 5.91 Å². The molecule has 1 aliphatic rings. The van der Waals surface area contributed by atoms with Gasteiger partial charge in [-0.2, -0.15) is 0 Å². The van der Waals surface area contributed by atoms with E-state index in [0.717, 1.165) is 32.6 Å². The number of H-pyrrole nitrogens is 1. The van der Waals surface area contributed by atoms with Gasteiger partial charge in [-0.15, -0.1) is 0 Å². The molecule has 4 heteroatoms. The second-order valence-electron chi connectivity index (χ2n) is 6.50. The van der Waals surface area contributed by atoms with Crippen molar-refractivity contribution in [1.29, 1.82) is 0 Å². The van der Waals surface area contributed by atoms with Gasteiger partial charge in [0.1, 0.15) is 0 Å². The van der Waals surface area contributed by atoms with Gasteiger partial charge < -0.3 is 15.2 Å². The van der Waals surface area contributed by atoms with Gasteiger partial charge in [0.05, 0.1) is 0 Å². The number of hydrogen-bond donors (Lipinski definition) is 2. The molecule has 2 N–H and O–H groups in total. The van der Waals surface area contributed by atoms with Gasteiger partial charge in [0, 0.05) is 36.6 Å². The zero-order chi connectivity index (χ0) is 16.1. The van der Waals surface area contributed by atoms with Crippen molar-refractivity contribution >= 4 is 16.8 Å². The quantitative estimate of drug-likeness (QED) is 0.861. The summed E-state index contributed by atoms with van der Waals surface area (Å²) in [5.74, 6) is 0.929. The lowest BCUT2D eigenvalue weighted by atomic mass is 9.97. The molecule has 4 nitrogen and oxygen atoms in total. The van der Waals surface area contributed by atoms with Crippen LogP contribution in [0.25, 0.3) is 10.9 Å². The lowest BCUT2D eigenvalue weighted by Crippen LogP contribution is -2.40. The van der Waals surface area contributed by atoms with Crippen LogP contribution in [-0.2, 0) is 11.2 Å².